The smallest absolute Gasteiger partial charge is 0.255 e. The lowest BCUT2D eigenvalue weighted by Gasteiger charge is -2.10. The number of aromatic nitrogens is 1. The van der Waals surface area contributed by atoms with Gasteiger partial charge < -0.3 is 15.4 Å². The van der Waals surface area contributed by atoms with E-state index in [0.29, 0.717) is 22.7 Å². The predicted molar refractivity (Wildman–Crippen MR) is 128 cm³/mol. The molecule has 160 valence electrons. The van der Waals surface area contributed by atoms with Crippen LogP contribution in [-0.4, -0.2) is 29.7 Å². The molecular weight excluding hydrogens is 422 g/mol. The molecule has 0 bridgehead atoms. The van der Waals surface area contributed by atoms with Gasteiger partial charge in [-0.25, -0.2) is 0 Å². The Bertz CT molecular complexity index is 1250. The van der Waals surface area contributed by atoms with E-state index in [0.717, 1.165) is 15.8 Å². The SMILES string of the molecule is COc1ccccc1NC(=O)c1ccc(NC(=O)CSc2cccc3cccnc23)cc1. The molecule has 0 atom stereocenters. The summed E-state index contributed by atoms with van der Waals surface area (Å²) in [6, 6.07) is 23.8. The van der Waals surface area contributed by atoms with E-state index in [1.165, 1.54) is 11.8 Å². The molecule has 4 rings (SSSR count). The third kappa shape index (κ3) is 5.07. The molecule has 0 aliphatic carbocycles. The lowest BCUT2D eigenvalue weighted by atomic mass is 10.2. The summed E-state index contributed by atoms with van der Waals surface area (Å²) < 4.78 is 5.26. The maximum Gasteiger partial charge on any atom is 0.255 e. The Kier molecular flexibility index (Phi) is 6.67. The highest BCUT2D eigenvalue weighted by molar-refractivity contribution is 8.00. The summed E-state index contributed by atoms with van der Waals surface area (Å²) >= 11 is 1.44. The molecule has 0 aliphatic heterocycles. The molecule has 3 aromatic carbocycles. The van der Waals surface area contributed by atoms with Gasteiger partial charge in [-0.15, -0.1) is 11.8 Å². The number of ether oxygens (including phenoxy) is 1. The van der Waals surface area contributed by atoms with E-state index < -0.39 is 0 Å². The van der Waals surface area contributed by atoms with Crippen LogP contribution < -0.4 is 15.4 Å². The van der Waals surface area contributed by atoms with E-state index in [-0.39, 0.29) is 17.6 Å². The summed E-state index contributed by atoms with van der Waals surface area (Å²) in [5.41, 5.74) is 2.58. The van der Waals surface area contributed by atoms with Crippen molar-refractivity contribution < 1.29 is 14.3 Å². The van der Waals surface area contributed by atoms with Gasteiger partial charge in [-0.1, -0.05) is 30.3 Å². The second-order valence-electron chi connectivity index (χ2n) is 6.90. The van der Waals surface area contributed by atoms with Crippen molar-refractivity contribution in [3.63, 3.8) is 0 Å². The van der Waals surface area contributed by atoms with Crippen molar-refractivity contribution in [2.75, 3.05) is 23.5 Å². The normalized spacial score (nSPS) is 10.5. The maximum absolute atomic E-state index is 12.5. The number of carbonyl (C=O) groups is 2. The van der Waals surface area contributed by atoms with E-state index in [2.05, 4.69) is 15.6 Å². The van der Waals surface area contributed by atoms with Crippen LogP contribution in [0.1, 0.15) is 10.4 Å². The van der Waals surface area contributed by atoms with E-state index >= 15 is 0 Å². The Morgan fingerprint density at radius 1 is 0.906 bits per heavy atom. The van der Waals surface area contributed by atoms with Gasteiger partial charge in [0.2, 0.25) is 5.91 Å². The second kappa shape index (κ2) is 9.98. The summed E-state index contributed by atoms with van der Waals surface area (Å²) in [5.74, 6) is 0.454. The molecule has 0 spiro atoms. The van der Waals surface area contributed by atoms with Crippen LogP contribution in [0.3, 0.4) is 0 Å². The van der Waals surface area contributed by atoms with Gasteiger partial charge in [-0.2, -0.15) is 0 Å². The van der Waals surface area contributed by atoms with E-state index in [4.69, 9.17) is 4.74 Å². The molecule has 0 fully saturated rings. The van der Waals surface area contributed by atoms with Crippen molar-refractivity contribution in [2.24, 2.45) is 0 Å². The first-order valence-electron chi connectivity index (χ1n) is 9.95. The minimum atomic E-state index is -0.258. The average Bonchev–Trinajstić information content (AvgIpc) is 2.83. The van der Waals surface area contributed by atoms with Crippen LogP contribution in [-0.2, 0) is 4.79 Å². The standard InChI is InChI=1S/C25H21N3O3S/c1-31-21-9-3-2-8-20(21)28-25(30)18-11-13-19(14-12-18)27-23(29)16-32-22-10-4-6-17-7-5-15-26-24(17)22/h2-15H,16H2,1H3,(H,27,29)(H,28,30). The first-order chi connectivity index (χ1) is 15.6. The number of para-hydroxylation sites is 3. The van der Waals surface area contributed by atoms with Crippen molar-refractivity contribution in [1.29, 1.82) is 0 Å². The third-order valence-corrected chi connectivity index (χ3v) is 5.79. The predicted octanol–water partition coefficient (Wildman–Crippen LogP) is 5.23. The van der Waals surface area contributed by atoms with E-state index in [1.807, 2.05) is 42.5 Å². The quantitative estimate of drug-likeness (QED) is 0.383. The van der Waals surface area contributed by atoms with Gasteiger partial charge >= 0.3 is 0 Å². The topological polar surface area (TPSA) is 80.3 Å². The molecule has 4 aromatic rings. The molecule has 0 saturated carbocycles. The molecule has 1 heterocycles. The highest BCUT2D eigenvalue weighted by atomic mass is 32.2. The molecule has 2 amide bonds. The number of rotatable bonds is 7. The number of carbonyl (C=O) groups excluding carboxylic acids is 2. The third-order valence-electron chi connectivity index (χ3n) is 4.74. The number of methoxy groups -OCH3 is 1. The first kappa shape index (κ1) is 21.4. The zero-order valence-corrected chi connectivity index (χ0v) is 18.2. The van der Waals surface area contributed by atoms with Crippen molar-refractivity contribution in [2.45, 2.75) is 4.90 Å². The second-order valence-corrected chi connectivity index (χ2v) is 7.92. The van der Waals surface area contributed by atoms with E-state index in [1.54, 1.807) is 49.7 Å². The Balaban J connectivity index is 1.35. The molecule has 6 nitrogen and oxygen atoms in total. The number of amides is 2. The molecule has 7 heteroatoms. The summed E-state index contributed by atoms with van der Waals surface area (Å²) in [5, 5.41) is 6.73. The molecule has 0 aliphatic rings. The summed E-state index contributed by atoms with van der Waals surface area (Å²) in [6.07, 6.45) is 1.75. The van der Waals surface area contributed by atoms with Gasteiger partial charge in [0, 0.05) is 27.7 Å². The number of nitrogens with one attached hydrogen (secondary N) is 2. The number of fused-ring (bicyclic) bond motifs is 1. The Morgan fingerprint density at radius 3 is 2.50 bits per heavy atom. The van der Waals surface area contributed by atoms with Crippen LogP contribution in [0.5, 0.6) is 5.75 Å². The van der Waals surface area contributed by atoms with Crippen LogP contribution in [0, 0.1) is 0 Å². The molecule has 0 saturated heterocycles. The molecular formula is C25H21N3O3S. The Hall–Kier alpha value is -3.84. The zero-order chi connectivity index (χ0) is 22.3. The zero-order valence-electron chi connectivity index (χ0n) is 17.4. The van der Waals surface area contributed by atoms with Crippen LogP contribution in [0.4, 0.5) is 11.4 Å². The van der Waals surface area contributed by atoms with Crippen LogP contribution in [0.25, 0.3) is 10.9 Å². The number of benzene rings is 3. The average molecular weight is 444 g/mol. The Labute approximate surface area is 190 Å². The molecule has 1 aromatic heterocycles. The van der Waals surface area contributed by atoms with Crippen LogP contribution >= 0.6 is 11.8 Å². The first-order valence-corrected chi connectivity index (χ1v) is 10.9. The molecule has 0 radical (unpaired) electrons. The fourth-order valence-corrected chi connectivity index (χ4v) is 4.02. The largest absolute Gasteiger partial charge is 0.495 e. The van der Waals surface area contributed by atoms with Crippen molar-refractivity contribution in [1.82, 2.24) is 4.98 Å². The van der Waals surface area contributed by atoms with E-state index in [9.17, 15) is 9.59 Å². The van der Waals surface area contributed by atoms with Gasteiger partial charge in [0.1, 0.15) is 5.75 Å². The fourth-order valence-electron chi connectivity index (χ4n) is 3.18. The molecule has 2 N–H and O–H groups in total. The van der Waals surface area contributed by atoms with Gasteiger partial charge in [0.05, 0.1) is 24.1 Å². The lowest BCUT2D eigenvalue weighted by Crippen LogP contribution is -2.15. The fraction of sp³-hybridized carbons (Fsp3) is 0.0800. The Morgan fingerprint density at radius 2 is 1.69 bits per heavy atom. The number of thioether (sulfide) groups is 1. The van der Waals surface area contributed by atoms with Crippen LogP contribution in [0.15, 0.2) is 90.0 Å². The van der Waals surface area contributed by atoms with Gasteiger partial charge in [-0.3, -0.25) is 14.6 Å². The van der Waals surface area contributed by atoms with Crippen molar-refractivity contribution in [3.05, 3.63) is 90.6 Å². The summed E-state index contributed by atoms with van der Waals surface area (Å²) in [7, 11) is 1.55. The van der Waals surface area contributed by atoms with Gasteiger partial charge in [0.25, 0.3) is 5.91 Å². The number of nitrogens with zero attached hydrogens (tertiary/aromatic N) is 1. The minimum absolute atomic E-state index is 0.130. The number of hydrogen-bond acceptors (Lipinski definition) is 5. The summed E-state index contributed by atoms with van der Waals surface area (Å²) in [6.45, 7) is 0. The highest BCUT2D eigenvalue weighted by Crippen LogP contribution is 2.26. The molecule has 0 unspecified atom stereocenters. The number of hydrogen-bond donors (Lipinski definition) is 2. The lowest BCUT2D eigenvalue weighted by molar-refractivity contribution is -0.113. The van der Waals surface area contributed by atoms with Gasteiger partial charge in [-0.05, 0) is 48.5 Å². The molecule has 32 heavy (non-hydrogen) atoms. The highest BCUT2D eigenvalue weighted by Gasteiger charge is 2.11. The number of anilines is 2. The number of pyridine rings is 1. The maximum atomic E-state index is 12.5. The summed E-state index contributed by atoms with van der Waals surface area (Å²) in [4.78, 5) is 30.3. The monoisotopic (exact) mass is 443 g/mol. The van der Waals surface area contributed by atoms with Crippen molar-refractivity contribution in [3.8, 4) is 5.75 Å². The van der Waals surface area contributed by atoms with Gasteiger partial charge in [0.15, 0.2) is 0 Å². The minimum Gasteiger partial charge on any atom is -0.495 e. The van der Waals surface area contributed by atoms with Crippen molar-refractivity contribution >= 4 is 45.9 Å². The van der Waals surface area contributed by atoms with Crippen LogP contribution in [0.2, 0.25) is 0 Å².